The van der Waals surface area contributed by atoms with Crippen LogP contribution in [0.3, 0.4) is 0 Å². The Morgan fingerprint density at radius 2 is 2.11 bits per heavy atom. The summed E-state index contributed by atoms with van der Waals surface area (Å²) in [7, 11) is 5.12. The molecule has 1 unspecified atom stereocenters. The number of benzene rings is 1. The Hall–Kier alpha value is -1.88. The van der Waals surface area contributed by atoms with Gasteiger partial charge in [-0.25, -0.2) is 4.39 Å². The molecule has 0 amide bonds. The van der Waals surface area contributed by atoms with Crippen LogP contribution < -0.4 is 10.1 Å². The van der Waals surface area contributed by atoms with Crippen LogP contribution in [0.15, 0.2) is 24.4 Å². The van der Waals surface area contributed by atoms with E-state index in [0.29, 0.717) is 5.56 Å². The Morgan fingerprint density at radius 1 is 1.37 bits per heavy atom. The Kier molecular flexibility index (Phi) is 3.85. The maximum Gasteiger partial charge on any atom is 0.170 e. The van der Waals surface area contributed by atoms with E-state index in [2.05, 4.69) is 10.4 Å². The lowest BCUT2D eigenvalue weighted by Gasteiger charge is -2.18. The molecule has 19 heavy (non-hydrogen) atoms. The van der Waals surface area contributed by atoms with Crippen molar-refractivity contribution >= 4 is 0 Å². The van der Waals surface area contributed by atoms with Gasteiger partial charge in [0.15, 0.2) is 11.6 Å². The lowest BCUT2D eigenvalue weighted by atomic mass is 9.99. The first-order valence-corrected chi connectivity index (χ1v) is 6.08. The fraction of sp³-hybridized carbons (Fsp3) is 0.357. The third kappa shape index (κ3) is 2.46. The molecule has 102 valence electrons. The van der Waals surface area contributed by atoms with Crippen molar-refractivity contribution in [3.63, 3.8) is 0 Å². The van der Waals surface area contributed by atoms with Gasteiger partial charge in [-0.05, 0) is 20.0 Å². The van der Waals surface area contributed by atoms with Crippen molar-refractivity contribution in [2.75, 3.05) is 14.2 Å². The van der Waals surface area contributed by atoms with Crippen molar-refractivity contribution in [3.8, 4) is 5.75 Å². The first-order valence-electron chi connectivity index (χ1n) is 6.08. The molecule has 0 saturated carbocycles. The van der Waals surface area contributed by atoms with E-state index in [1.54, 1.807) is 29.9 Å². The number of nitrogens with one attached hydrogen (secondary N) is 1. The van der Waals surface area contributed by atoms with Gasteiger partial charge in [-0.3, -0.25) is 4.68 Å². The van der Waals surface area contributed by atoms with E-state index >= 15 is 0 Å². The summed E-state index contributed by atoms with van der Waals surface area (Å²) >= 11 is 0. The van der Waals surface area contributed by atoms with Gasteiger partial charge in [-0.2, -0.15) is 5.10 Å². The largest absolute Gasteiger partial charge is 0.494 e. The number of rotatable bonds is 4. The van der Waals surface area contributed by atoms with Gasteiger partial charge < -0.3 is 10.1 Å². The number of halogens is 1. The zero-order chi connectivity index (χ0) is 14.0. The first-order chi connectivity index (χ1) is 9.08. The molecule has 0 aliphatic carbocycles. The van der Waals surface area contributed by atoms with Crippen molar-refractivity contribution in [1.29, 1.82) is 0 Å². The van der Waals surface area contributed by atoms with Gasteiger partial charge >= 0.3 is 0 Å². The average molecular weight is 263 g/mol. The number of methoxy groups -OCH3 is 1. The topological polar surface area (TPSA) is 39.1 Å². The Bertz CT molecular complexity index is 580. The zero-order valence-corrected chi connectivity index (χ0v) is 11.6. The summed E-state index contributed by atoms with van der Waals surface area (Å²) in [4.78, 5) is 0. The van der Waals surface area contributed by atoms with Gasteiger partial charge in [0.25, 0.3) is 0 Å². The van der Waals surface area contributed by atoms with Gasteiger partial charge in [-0.1, -0.05) is 12.1 Å². The number of hydrogen-bond donors (Lipinski definition) is 1. The molecule has 1 aromatic carbocycles. The van der Waals surface area contributed by atoms with E-state index < -0.39 is 0 Å². The summed E-state index contributed by atoms with van der Waals surface area (Å²) in [6.07, 6.45) is 1.90. The summed E-state index contributed by atoms with van der Waals surface area (Å²) in [5, 5.41) is 7.43. The van der Waals surface area contributed by atoms with Crippen LogP contribution in [0.1, 0.15) is 22.9 Å². The molecular weight excluding hydrogens is 245 g/mol. The van der Waals surface area contributed by atoms with Crippen molar-refractivity contribution in [2.24, 2.45) is 7.05 Å². The molecule has 0 radical (unpaired) electrons. The second-order valence-electron chi connectivity index (χ2n) is 4.43. The molecule has 0 aliphatic heterocycles. The Balaban J connectivity index is 2.51. The van der Waals surface area contributed by atoms with Crippen LogP contribution in [0.5, 0.6) is 5.75 Å². The number of aryl methyl sites for hydroxylation is 2. The minimum atomic E-state index is -0.340. The number of hydrogen-bond acceptors (Lipinski definition) is 3. The van der Waals surface area contributed by atoms with Gasteiger partial charge in [0.2, 0.25) is 0 Å². The average Bonchev–Trinajstić information content (AvgIpc) is 2.72. The zero-order valence-electron chi connectivity index (χ0n) is 11.6. The highest BCUT2D eigenvalue weighted by Gasteiger charge is 2.21. The van der Waals surface area contributed by atoms with E-state index in [1.165, 1.54) is 7.11 Å². The Labute approximate surface area is 112 Å². The molecule has 2 rings (SSSR count). The minimum absolute atomic E-state index is 0.246. The van der Waals surface area contributed by atoms with Gasteiger partial charge in [0.05, 0.1) is 18.8 Å². The minimum Gasteiger partial charge on any atom is -0.494 e. The van der Waals surface area contributed by atoms with Crippen molar-refractivity contribution in [1.82, 2.24) is 15.1 Å². The molecule has 4 nitrogen and oxygen atoms in total. The molecule has 1 atom stereocenters. The smallest absolute Gasteiger partial charge is 0.170 e. The lowest BCUT2D eigenvalue weighted by molar-refractivity contribution is 0.382. The highest BCUT2D eigenvalue weighted by Crippen LogP contribution is 2.30. The number of aromatic nitrogens is 2. The van der Waals surface area contributed by atoms with E-state index in [0.717, 1.165) is 11.3 Å². The Morgan fingerprint density at radius 3 is 2.63 bits per heavy atom. The van der Waals surface area contributed by atoms with E-state index in [1.807, 2.05) is 20.2 Å². The maximum atomic E-state index is 14.3. The molecule has 5 heteroatoms. The van der Waals surface area contributed by atoms with E-state index in [-0.39, 0.29) is 17.6 Å². The summed E-state index contributed by atoms with van der Waals surface area (Å²) in [6, 6.07) is 4.91. The summed E-state index contributed by atoms with van der Waals surface area (Å²) < 4.78 is 21.1. The highest BCUT2D eigenvalue weighted by atomic mass is 19.1. The van der Waals surface area contributed by atoms with Gasteiger partial charge in [0.1, 0.15) is 0 Å². The van der Waals surface area contributed by atoms with Crippen molar-refractivity contribution in [3.05, 3.63) is 47.0 Å². The van der Waals surface area contributed by atoms with Gasteiger partial charge in [-0.15, -0.1) is 0 Å². The van der Waals surface area contributed by atoms with Crippen molar-refractivity contribution in [2.45, 2.75) is 13.0 Å². The van der Waals surface area contributed by atoms with Crippen LogP contribution >= 0.6 is 0 Å². The van der Waals surface area contributed by atoms with Crippen LogP contribution in [-0.2, 0) is 7.05 Å². The molecule has 2 aromatic rings. The fourth-order valence-corrected chi connectivity index (χ4v) is 2.29. The molecule has 0 aliphatic rings. The van der Waals surface area contributed by atoms with Crippen LogP contribution in [0, 0.1) is 12.7 Å². The SMILES string of the molecule is CNC(c1cn(C)nc1C)c1cccc(OC)c1F. The lowest BCUT2D eigenvalue weighted by Crippen LogP contribution is -2.19. The molecule has 0 spiro atoms. The van der Waals surface area contributed by atoms with Crippen LogP contribution in [0.2, 0.25) is 0 Å². The summed E-state index contributed by atoms with van der Waals surface area (Å²) in [5.74, 6) is -0.0908. The first kappa shape index (κ1) is 13.5. The predicted molar refractivity (Wildman–Crippen MR) is 71.8 cm³/mol. The second kappa shape index (κ2) is 5.40. The molecule has 0 saturated heterocycles. The number of ether oxygens (including phenoxy) is 1. The van der Waals surface area contributed by atoms with Crippen LogP contribution in [0.4, 0.5) is 4.39 Å². The maximum absolute atomic E-state index is 14.3. The third-order valence-electron chi connectivity index (χ3n) is 3.18. The third-order valence-corrected chi connectivity index (χ3v) is 3.18. The normalized spacial score (nSPS) is 12.5. The molecule has 1 heterocycles. The molecular formula is C14H18FN3O. The van der Waals surface area contributed by atoms with Crippen LogP contribution in [-0.4, -0.2) is 23.9 Å². The number of nitrogens with zero attached hydrogens (tertiary/aromatic N) is 2. The molecule has 1 N–H and O–H groups in total. The quantitative estimate of drug-likeness (QED) is 0.919. The van der Waals surface area contributed by atoms with Crippen molar-refractivity contribution < 1.29 is 9.13 Å². The fourth-order valence-electron chi connectivity index (χ4n) is 2.29. The summed E-state index contributed by atoms with van der Waals surface area (Å²) in [6.45, 7) is 1.91. The van der Waals surface area contributed by atoms with Crippen LogP contribution in [0.25, 0.3) is 0 Å². The van der Waals surface area contributed by atoms with Gasteiger partial charge in [0, 0.05) is 24.4 Å². The molecule has 0 fully saturated rings. The summed E-state index contributed by atoms with van der Waals surface area (Å²) in [5.41, 5.74) is 2.39. The predicted octanol–water partition coefficient (Wildman–Crippen LogP) is 2.19. The molecule has 0 bridgehead atoms. The second-order valence-corrected chi connectivity index (χ2v) is 4.43. The van der Waals surface area contributed by atoms with E-state index in [4.69, 9.17) is 4.74 Å². The highest BCUT2D eigenvalue weighted by molar-refractivity contribution is 5.39. The monoisotopic (exact) mass is 263 g/mol. The molecule has 1 aromatic heterocycles. The standard InChI is InChI=1S/C14H18FN3O/c1-9-11(8-18(3)17-9)14(16-2)10-6-5-7-12(19-4)13(10)15/h5-8,14,16H,1-4H3. The van der Waals surface area contributed by atoms with E-state index in [9.17, 15) is 4.39 Å².